The van der Waals surface area contributed by atoms with E-state index in [9.17, 15) is 16.8 Å². The Hall–Kier alpha value is -1.90. The summed E-state index contributed by atoms with van der Waals surface area (Å²) in [5.74, 6) is 0. The maximum Gasteiger partial charge on any atom is 0.261 e. The van der Waals surface area contributed by atoms with E-state index < -0.39 is 20.0 Å². The Balaban J connectivity index is 1.76. The van der Waals surface area contributed by atoms with Gasteiger partial charge in [-0.1, -0.05) is 32.9 Å². The summed E-state index contributed by atoms with van der Waals surface area (Å²) in [6, 6.07) is 12.4. The number of sulfonamides is 2. The second kappa shape index (κ2) is 6.92. The van der Waals surface area contributed by atoms with Crippen LogP contribution in [0.4, 0.5) is 5.69 Å². The van der Waals surface area contributed by atoms with Gasteiger partial charge in [0.1, 0.15) is 0 Å². The molecule has 1 saturated carbocycles. The van der Waals surface area contributed by atoms with Crippen LogP contribution in [0.2, 0.25) is 0 Å². The normalized spacial score (nSPS) is 15.5. The van der Waals surface area contributed by atoms with Crippen LogP contribution in [0.1, 0.15) is 39.2 Å². The van der Waals surface area contributed by atoms with Crippen LogP contribution in [0.3, 0.4) is 0 Å². The highest BCUT2D eigenvalue weighted by molar-refractivity contribution is 7.92. The second-order valence-corrected chi connectivity index (χ2v) is 11.2. The summed E-state index contributed by atoms with van der Waals surface area (Å²) < 4.78 is 54.5. The standard InChI is InChI=1S/C19H24N2O4S2/c1-19(2,3)14-4-6-15(7-5-14)20-26(22,23)17-10-12-18(13-11-17)27(24,25)21-16-8-9-16/h4-7,10-13,16,20-21H,8-9H2,1-3H3. The Morgan fingerprint density at radius 2 is 1.26 bits per heavy atom. The minimum absolute atomic E-state index is 0.00357. The van der Waals surface area contributed by atoms with Gasteiger partial charge in [0.2, 0.25) is 10.0 Å². The minimum atomic E-state index is -3.80. The Labute approximate surface area is 161 Å². The van der Waals surface area contributed by atoms with Gasteiger partial charge >= 0.3 is 0 Å². The van der Waals surface area contributed by atoms with Gasteiger partial charge in [0.15, 0.2) is 0 Å². The lowest BCUT2D eigenvalue weighted by Crippen LogP contribution is -2.25. The molecule has 0 bridgehead atoms. The van der Waals surface area contributed by atoms with Crippen molar-refractivity contribution in [1.82, 2.24) is 4.72 Å². The zero-order valence-corrected chi connectivity index (χ0v) is 17.2. The maximum atomic E-state index is 12.6. The molecule has 6 nitrogen and oxygen atoms in total. The quantitative estimate of drug-likeness (QED) is 0.768. The number of anilines is 1. The molecule has 0 saturated heterocycles. The molecule has 27 heavy (non-hydrogen) atoms. The van der Waals surface area contributed by atoms with Crippen molar-refractivity contribution in [2.24, 2.45) is 0 Å². The van der Waals surface area contributed by atoms with Gasteiger partial charge in [-0.05, 0) is 60.2 Å². The molecule has 146 valence electrons. The Kier molecular flexibility index (Phi) is 5.09. The zero-order chi connectivity index (χ0) is 19.9. The SMILES string of the molecule is CC(C)(C)c1ccc(NS(=O)(=O)c2ccc(S(=O)(=O)NC3CC3)cc2)cc1. The molecule has 0 unspecified atom stereocenters. The van der Waals surface area contributed by atoms with Crippen molar-refractivity contribution >= 4 is 25.7 Å². The van der Waals surface area contributed by atoms with Gasteiger partial charge in [0.05, 0.1) is 9.79 Å². The summed E-state index contributed by atoms with van der Waals surface area (Å²) >= 11 is 0. The highest BCUT2D eigenvalue weighted by atomic mass is 32.2. The summed E-state index contributed by atoms with van der Waals surface area (Å²) in [6.45, 7) is 6.25. The van der Waals surface area contributed by atoms with Crippen LogP contribution in [0.25, 0.3) is 0 Å². The maximum absolute atomic E-state index is 12.6. The molecule has 2 aromatic carbocycles. The van der Waals surface area contributed by atoms with Crippen molar-refractivity contribution in [1.29, 1.82) is 0 Å². The summed E-state index contributed by atoms with van der Waals surface area (Å²) in [7, 11) is -7.40. The number of hydrogen-bond donors (Lipinski definition) is 2. The molecule has 3 rings (SSSR count). The van der Waals surface area contributed by atoms with E-state index in [1.54, 1.807) is 12.1 Å². The van der Waals surface area contributed by atoms with Crippen LogP contribution < -0.4 is 9.44 Å². The highest BCUT2D eigenvalue weighted by Crippen LogP contribution is 2.25. The molecule has 1 aliphatic carbocycles. The fourth-order valence-corrected chi connectivity index (χ4v) is 4.90. The number of rotatable bonds is 6. The van der Waals surface area contributed by atoms with Crippen molar-refractivity contribution in [3.05, 3.63) is 54.1 Å². The second-order valence-electron chi connectivity index (χ2n) is 7.80. The van der Waals surface area contributed by atoms with Gasteiger partial charge in [0.25, 0.3) is 10.0 Å². The number of benzene rings is 2. The third-order valence-corrected chi connectivity index (χ3v) is 7.28. The molecular weight excluding hydrogens is 384 g/mol. The fourth-order valence-electron chi connectivity index (χ4n) is 2.54. The molecule has 0 heterocycles. The molecule has 2 aromatic rings. The third kappa shape index (κ3) is 4.88. The molecular formula is C19H24N2O4S2. The van der Waals surface area contributed by atoms with Crippen molar-refractivity contribution in [2.45, 2.75) is 54.9 Å². The van der Waals surface area contributed by atoms with Gasteiger partial charge < -0.3 is 0 Å². The predicted octanol–water partition coefficient (Wildman–Crippen LogP) is 3.23. The van der Waals surface area contributed by atoms with Crippen LogP contribution in [0.5, 0.6) is 0 Å². The molecule has 0 spiro atoms. The van der Waals surface area contributed by atoms with E-state index >= 15 is 0 Å². The third-order valence-electron chi connectivity index (χ3n) is 4.35. The lowest BCUT2D eigenvalue weighted by molar-refractivity contribution is 0.580. The van der Waals surface area contributed by atoms with E-state index in [1.807, 2.05) is 12.1 Å². The Bertz CT molecular complexity index is 1020. The largest absolute Gasteiger partial charge is 0.280 e. The first kappa shape index (κ1) is 19.9. The summed E-state index contributed by atoms with van der Waals surface area (Å²) in [4.78, 5) is 0.0654. The smallest absolute Gasteiger partial charge is 0.261 e. The van der Waals surface area contributed by atoms with E-state index in [0.29, 0.717) is 5.69 Å². The fraction of sp³-hybridized carbons (Fsp3) is 0.368. The van der Waals surface area contributed by atoms with Gasteiger partial charge in [-0.15, -0.1) is 0 Å². The summed E-state index contributed by atoms with van der Waals surface area (Å²) in [5.41, 5.74) is 1.53. The van der Waals surface area contributed by atoms with Crippen molar-refractivity contribution in [3.8, 4) is 0 Å². The Morgan fingerprint density at radius 1 is 0.778 bits per heavy atom. The van der Waals surface area contributed by atoms with Gasteiger partial charge in [-0.25, -0.2) is 21.6 Å². The first-order valence-electron chi connectivity index (χ1n) is 8.73. The zero-order valence-electron chi connectivity index (χ0n) is 15.6. The molecule has 1 fully saturated rings. The lowest BCUT2D eigenvalue weighted by Gasteiger charge is -2.19. The topological polar surface area (TPSA) is 92.3 Å². The first-order chi connectivity index (χ1) is 12.5. The van der Waals surface area contributed by atoms with Crippen molar-refractivity contribution < 1.29 is 16.8 Å². The van der Waals surface area contributed by atoms with Crippen LogP contribution in [0.15, 0.2) is 58.3 Å². The Morgan fingerprint density at radius 3 is 1.70 bits per heavy atom. The van der Waals surface area contributed by atoms with Gasteiger partial charge in [-0.2, -0.15) is 0 Å². The van der Waals surface area contributed by atoms with Crippen LogP contribution >= 0.6 is 0 Å². The molecule has 0 atom stereocenters. The number of hydrogen-bond acceptors (Lipinski definition) is 4. The van der Waals surface area contributed by atoms with E-state index in [2.05, 4.69) is 30.2 Å². The van der Waals surface area contributed by atoms with E-state index in [0.717, 1.165) is 18.4 Å². The van der Waals surface area contributed by atoms with Crippen LogP contribution in [-0.4, -0.2) is 22.9 Å². The monoisotopic (exact) mass is 408 g/mol. The molecule has 0 amide bonds. The number of nitrogens with one attached hydrogen (secondary N) is 2. The average molecular weight is 409 g/mol. The van der Waals surface area contributed by atoms with E-state index in [1.165, 1.54) is 24.3 Å². The average Bonchev–Trinajstić information content (AvgIpc) is 3.37. The van der Waals surface area contributed by atoms with Crippen molar-refractivity contribution in [3.63, 3.8) is 0 Å². The lowest BCUT2D eigenvalue weighted by atomic mass is 9.87. The van der Waals surface area contributed by atoms with Gasteiger partial charge in [-0.3, -0.25) is 4.72 Å². The highest BCUT2D eigenvalue weighted by Gasteiger charge is 2.28. The van der Waals surface area contributed by atoms with Gasteiger partial charge in [0, 0.05) is 11.7 Å². The predicted molar refractivity (Wildman–Crippen MR) is 106 cm³/mol. The first-order valence-corrected chi connectivity index (χ1v) is 11.7. The van der Waals surface area contributed by atoms with Crippen LogP contribution in [-0.2, 0) is 25.5 Å². The summed E-state index contributed by atoms with van der Waals surface area (Å²) in [6.07, 6.45) is 1.67. The molecule has 0 aromatic heterocycles. The van der Waals surface area contributed by atoms with Crippen LogP contribution in [0, 0.1) is 0 Å². The van der Waals surface area contributed by atoms with Crippen molar-refractivity contribution in [2.75, 3.05) is 4.72 Å². The summed E-state index contributed by atoms with van der Waals surface area (Å²) in [5, 5.41) is 0. The molecule has 1 aliphatic rings. The molecule has 8 heteroatoms. The van der Waals surface area contributed by atoms with E-state index in [4.69, 9.17) is 0 Å². The molecule has 2 N–H and O–H groups in total. The van der Waals surface area contributed by atoms with E-state index in [-0.39, 0.29) is 21.2 Å². The molecule has 0 aliphatic heterocycles. The molecule has 0 radical (unpaired) electrons. The minimum Gasteiger partial charge on any atom is -0.280 e.